The molecule has 1 aromatic carbocycles. The van der Waals surface area contributed by atoms with Gasteiger partial charge in [-0.3, -0.25) is 0 Å². The quantitative estimate of drug-likeness (QED) is 0.869. The normalized spacial score (nSPS) is 18.6. The number of ether oxygens (including phenoxy) is 1. The standard InChI is InChI=1S/C17H26O2/c1-12(2)14-9-10-16(19-3)15(11-14)17(18)13-7-5-4-6-8-13/h9-13,17-18H,4-8H2,1-3H3. The average molecular weight is 262 g/mol. The van der Waals surface area contributed by atoms with E-state index < -0.39 is 0 Å². The van der Waals surface area contributed by atoms with Crippen molar-refractivity contribution in [2.45, 2.75) is 58.0 Å². The average Bonchev–Trinajstić information content (AvgIpc) is 2.46. The van der Waals surface area contributed by atoms with Crippen LogP contribution < -0.4 is 4.74 Å². The molecule has 1 aliphatic rings. The fraction of sp³-hybridized carbons (Fsp3) is 0.647. The Kier molecular flexibility index (Phi) is 4.87. The van der Waals surface area contributed by atoms with Crippen molar-refractivity contribution in [3.05, 3.63) is 29.3 Å². The first-order valence-corrected chi connectivity index (χ1v) is 7.49. The van der Waals surface area contributed by atoms with Gasteiger partial charge in [-0.1, -0.05) is 39.2 Å². The number of rotatable bonds is 4. The summed E-state index contributed by atoms with van der Waals surface area (Å²) in [6.07, 6.45) is 5.69. The van der Waals surface area contributed by atoms with E-state index in [4.69, 9.17) is 4.74 Å². The van der Waals surface area contributed by atoms with E-state index in [0.29, 0.717) is 11.8 Å². The lowest BCUT2D eigenvalue weighted by molar-refractivity contribution is 0.0824. The molecule has 2 rings (SSSR count). The Balaban J connectivity index is 2.27. The number of hydrogen-bond acceptors (Lipinski definition) is 2. The van der Waals surface area contributed by atoms with Gasteiger partial charge in [-0.15, -0.1) is 0 Å². The molecular formula is C17H26O2. The molecule has 1 aliphatic carbocycles. The summed E-state index contributed by atoms with van der Waals surface area (Å²) in [5.74, 6) is 1.69. The van der Waals surface area contributed by atoms with Crippen molar-refractivity contribution in [1.29, 1.82) is 0 Å². The third-order valence-electron chi connectivity index (χ3n) is 4.34. The fourth-order valence-electron chi connectivity index (χ4n) is 3.05. The van der Waals surface area contributed by atoms with Crippen LogP contribution in [-0.4, -0.2) is 12.2 Å². The van der Waals surface area contributed by atoms with Gasteiger partial charge in [0.05, 0.1) is 13.2 Å². The van der Waals surface area contributed by atoms with Crippen molar-refractivity contribution in [3.8, 4) is 5.75 Å². The van der Waals surface area contributed by atoms with E-state index >= 15 is 0 Å². The van der Waals surface area contributed by atoms with E-state index in [1.165, 1.54) is 24.8 Å². The lowest BCUT2D eigenvalue weighted by atomic mass is 9.82. The van der Waals surface area contributed by atoms with E-state index in [9.17, 15) is 5.11 Å². The lowest BCUT2D eigenvalue weighted by Crippen LogP contribution is -2.17. The minimum Gasteiger partial charge on any atom is -0.496 e. The van der Waals surface area contributed by atoms with Crippen LogP contribution in [0.25, 0.3) is 0 Å². The summed E-state index contributed by atoms with van der Waals surface area (Å²) in [6, 6.07) is 6.22. The third kappa shape index (κ3) is 3.30. The van der Waals surface area contributed by atoms with Crippen molar-refractivity contribution in [2.24, 2.45) is 5.92 Å². The number of hydrogen-bond donors (Lipinski definition) is 1. The molecule has 1 aromatic rings. The minimum atomic E-state index is -0.381. The highest BCUT2D eigenvalue weighted by molar-refractivity contribution is 5.40. The van der Waals surface area contributed by atoms with Crippen LogP contribution in [0.1, 0.15) is 69.1 Å². The molecule has 0 amide bonds. The van der Waals surface area contributed by atoms with Crippen LogP contribution in [0.3, 0.4) is 0 Å². The van der Waals surface area contributed by atoms with E-state index in [-0.39, 0.29) is 6.10 Å². The highest BCUT2D eigenvalue weighted by atomic mass is 16.5. The first-order chi connectivity index (χ1) is 9.13. The highest BCUT2D eigenvalue weighted by Gasteiger charge is 2.25. The van der Waals surface area contributed by atoms with Crippen LogP contribution in [-0.2, 0) is 0 Å². The molecule has 19 heavy (non-hydrogen) atoms. The molecule has 2 nitrogen and oxygen atoms in total. The Morgan fingerprint density at radius 3 is 2.42 bits per heavy atom. The van der Waals surface area contributed by atoms with E-state index in [1.54, 1.807) is 7.11 Å². The van der Waals surface area contributed by atoms with Crippen molar-refractivity contribution in [1.82, 2.24) is 0 Å². The van der Waals surface area contributed by atoms with Crippen LogP contribution >= 0.6 is 0 Å². The maximum Gasteiger partial charge on any atom is 0.124 e. The zero-order valence-electron chi connectivity index (χ0n) is 12.4. The maximum absolute atomic E-state index is 10.7. The summed E-state index contributed by atoms with van der Waals surface area (Å²) in [5, 5.41) is 10.7. The predicted molar refractivity (Wildman–Crippen MR) is 78.6 cm³/mol. The molecular weight excluding hydrogens is 236 g/mol. The van der Waals surface area contributed by atoms with Crippen LogP contribution in [0.15, 0.2) is 18.2 Å². The lowest BCUT2D eigenvalue weighted by Gasteiger charge is -2.28. The van der Waals surface area contributed by atoms with Gasteiger partial charge in [0.1, 0.15) is 5.75 Å². The molecule has 0 aliphatic heterocycles. The summed E-state index contributed by atoms with van der Waals surface area (Å²) in [4.78, 5) is 0. The van der Waals surface area contributed by atoms with Crippen LogP contribution in [0.5, 0.6) is 5.75 Å². The van der Waals surface area contributed by atoms with Crippen molar-refractivity contribution in [3.63, 3.8) is 0 Å². The molecule has 0 radical (unpaired) electrons. The van der Waals surface area contributed by atoms with Gasteiger partial charge in [-0.2, -0.15) is 0 Å². The Morgan fingerprint density at radius 1 is 1.16 bits per heavy atom. The van der Waals surface area contributed by atoms with Gasteiger partial charge in [-0.25, -0.2) is 0 Å². The van der Waals surface area contributed by atoms with Crippen molar-refractivity contribution in [2.75, 3.05) is 7.11 Å². The molecule has 1 unspecified atom stereocenters. The maximum atomic E-state index is 10.7. The van der Waals surface area contributed by atoms with E-state index in [0.717, 1.165) is 24.2 Å². The summed E-state index contributed by atoms with van der Waals surface area (Å²) in [6.45, 7) is 4.36. The van der Waals surface area contributed by atoms with Gasteiger partial charge in [0.15, 0.2) is 0 Å². The van der Waals surface area contributed by atoms with Gasteiger partial charge in [0.25, 0.3) is 0 Å². The van der Waals surface area contributed by atoms with E-state index in [2.05, 4.69) is 26.0 Å². The fourth-order valence-corrected chi connectivity index (χ4v) is 3.05. The minimum absolute atomic E-state index is 0.381. The predicted octanol–water partition coefficient (Wildman–Crippen LogP) is 4.43. The van der Waals surface area contributed by atoms with Crippen molar-refractivity contribution >= 4 is 0 Å². The zero-order valence-corrected chi connectivity index (χ0v) is 12.4. The summed E-state index contributed by atoms with van der Waals surface area (Å²) in [5.41, 5.74) is 2.24. The Bertz CT molecular complexity index is 406. The van der Waals surface area contributed by atoms with Gasteiger partial charge in [-0.05, 0) is 42.4 Å². The van der Waals surface area contributed by atoms with Crippen LogP contribution in [0, 0.1) is 5.92 Å². The number of benzene rings is 1. The van der Waals surface area contributed by atoms with Gasteiger partial charge in [0, 0.05) is 5.56 Å². The number of aliphatic hydroxyl groups excluding tert-OH is 1. The Labute approximate surface area is 116 Å². The zero-order chi connectivity index (χ0) is 13.8. The number of aliphatic hydroxyl groups is 1. The molecule has 1 atom stereocenters. The molecule has 0 heterocycles. The molecule has 0 saturated heterocycles. The largest absolute Gasteiger partial charge is 0.496 e. The molecule has 106 valence electrons. The topological polar surface area (TPSA) is 29.5 Å². The summed E-state index contributed by atoms with van der Waals surface area (Å²) < 4.78 is 5.43. The first kappa shape index (κ1) is 14.4. The monoisotopic (exact) mass is 262 g/mol. The smallest absolute Gasteiger partial charge is 0.124 e. The summed E-state index contributed by atoms with van der Waals surface area (Å²) >= 11 is 0. The van der Waals surface area contributed by atoms with E-state index in [1.807, 2.05) is 6.07 Å². The number of methoxy groups -OCH3 is 1. The van der Waals surface area contributed by atoms with Crippen molar-refractivity contribution < 1.29 is 9.84 Å². The molecule has 1 fully saturated rings. The van der Waals surface area contributed by atoms with Gasteiger partial charge >= 0.3 is 0 Å². The van der Waals surface area contributed by atoms with Crippen LogP contribution in [0.2, 0.25) is 0 Å². The Morgan fingerprint density at radius 2 is 1.84 bits per heavy atom. The highest BCUT2D eigenvalue weighted by Crippen LogP contribution is 2.38. The van der Waals surface area contributed by atoms with Crippen LogP contribution in [0.4, 0.5) is 0 Å². The molecule has 0 spiro atoms. The first-order valence-electron chi connectivity index (χ1n) is 7.49. The van der Waals surface area contributed by atoms with Gasteiger partial charge < -0.3 is 9.84 Å². The second-order valence-corrected chi connectivity index (χ2v) is 6.00. The molecule has 1 saturated carbocycles. The molecule has 2 heteroatoms. The molecule has 1 N–H and O–H groups in total. The molecule has 0 aromatic heterocycles. The second kappa shape index (κ2) is 6.42. The molecule has 0 bridgehead atoms. The second-order valence-electron chi connectivity index (χ2n) is 6.00. The van der Waals surface area contributed by atoms with Gasteiger partial charge in [0.2, 0.25) is 0 Å². The summed E-state index contributed by atoms with van der Waals surface area (Å²) in [7, 11) is 1.68. The SMILES string of the molecule is COc1ccc(C(C)C)cc1C(O)C1CCCCC1. The Hall–Kier alpha value is -1.02. The third-order valence-corrected chi connectivity index (χ3v) is 4.34.